The molecule has 1 saturated heterocycles. The van der Waals surface area contributed by atoms with E-state index < -0.39 is 67.2 Å². The summed E-state index contributed by atoms with van der Waals surface area (Å²) < 4.78 is 44.7. The minimum Gasteiger partial charge on any atom is -0.493 e. The van der Waals surface area contributed by atoms with Crippen LogP contribution in [0.1, 0.15) is 38.8 Å². The van der Waals surface area contributed by atoms with Gasteiger partial charge >= 0.3 is 29.8 Å². The maximum Gasteiger partial charge on any atom is 0.331 e. The molecular formula is C32H36O14. The quantitative estimate of drug-likeness (QED) is 0.191. The van der Waals surface area contributed by atoms with Crippen LogP contribution in [0.5, 0.6) is 17.2 Å². The normalized spacial score (nSPS) is 20.9. The van der Waals surface area contributed by atoms with Crippen molar-refractivity contribution in [1.82, 2.24) is 0 Å². The number of carbonyl (C=O) groups is 5. The molecule has 0 aromatic heterocycles. The number of carboxylic acids is 1. The van der Waals surface area contributed by atoms with Crippen LogP contribution in [0.25, 0.3) is 6.08 Å². The molecule has 2 aromatic carbocycles. The molecule has 46 heavy (non-hydrogen) atoms. The highest BCUT2D eigenvalue weighted by Crippen LogP contribution is 2.42. The lowest BCUT2D eigenvalue weighted by Crippen LogP contribution is -2.63. The van der Waals surface area contributed by atoms with Crippen molar-refractivity contribution >= 4 is 35.9 Å². The van der Waals surface area contributed by atoms with Crippen molar-refractivity contribution in [3.8, 4) is 17.2 Å². The van der Waals surface area contributed by atoms with Gasteiger partial charge in [-0.25, -0.2) is 4.79 Å². The van der Waals surface area contributed by atoms with Gasteiger partial charge in [-0.05, 0) is 29.3 Å². The number of hydrogen-bond acceptors (Lipinski definition) is 13. The first-order chi connectivity index (χ1) is 21.8. The zero-order chi connectivity index (χ0) is 34.0. The van der Waals surface area contributed by atoms with Crippen molar-refractivity contribution in [2.45, 2.75) is 64.8 Å². The second kappa shape index (κ2) is 16.3. The highest BCUT2D eigenvalue weighted by molar-refractivity contribution is 5.93. The number of benzene rings is 2. The summed E-state index contributed by atoms with van der Waals surface area (Å²) in [5.74, 6) is -4.10. The molecular weight excluding hydrogens is 608 g/mol. The standard InChI is InChI=1S/C32H36O14/c1-17(33)41-16-26-28(42-18(2)34)29(43-19(3)35)30(44-20(4)36)32(45-26)46-27-24(39-5)14-22(15-25(27)40-6)13-23(31(37)38)12-21-10-8-7-9-11-21/h7-11,13-15,26,28-30,32H,12,16H2,1-6H3,(H,37,38)/t26-,28-,29+,30-,32+/m1/s1. The van der Waals surface area contributed by atoms with Gasteiger partial charge in [-0.2, -0.15) is 0 Å². The Hall–Kier alpha value is -5.11. The Labute approximate surface area is 265 Å². The van der Waals surface area contributed by atoms with Crippen LogP contribution in [-0.2, 0) is 54.1 Å². The molecule has 1 heterocycles. The van der Waals surface area contributed by atoms with Crippen LogP contribution in [0.4, 0.5) is 0 Å². The highest BCUT2D eigenvalue weighted by Gasteiger charge is 2.53. The first kappa shape index (κ1) is 35.4. The molecule has 0 bridgehead atoms. The zero-order valence-electron chi connectivity index (χ0n) is 26.2. The largest absolute Gasteiger partial charge is 0.493 e. The van der Waals surface area contributed by atoms with E-state index in [2.05, 4.69) is 0 Å². The maximum absolute atomic E-state index is 12.2. The fraction of sp³-hybridized carbons (Fsp3) is 0.406. The van der Waals surface area contributed by atoms with Gasteiger partial charge in [0.15, 0.2) is 23.7 Å². The fourth-order valence-corrected chi connectivity index (χ4v) is 4.70. The monoisotopic (exact) mass is 644 g/mol. The maximum atomic E-state index is 12.2. The molecule has 1 aliphatic heterocycles. The average Bonchev–Trinajstić information content (AvgIpc) is 2.98. The average molecular weight is 645 g/mol. The predicted molar refractivity (Wildman–Crippen MR) is 158 cm³/mol. The Morgan fingerprint density at radius 2 is 1.33 bits per heavy atom. The van der Waals surface area contributed by atoms with Gasteiger partial charge in [0.2, 0.25) is 18.1 Å². The van der Waals surface area contributed by atoms with Gasteiger partial charge < -0.3 is 43.0 Å². The lowest BCUT2D eigenvalue weighted by atomic mass is 9.98. The molecule has 1 N–H and O–H groups in total. The number of esters is 4. The molecule has 0 aliphatic carbocycles. The van der Waals surface area contributed by atoms with Crippen molar-refractivity contribution < 1.29 is 67.0 Å². The lowest BCUT2D eigenvalue weighted by Gasteiger charge is -2.44. The van der Waals surface area contributed by atoms with Crippen LogP contribution in [0, 0.1) is 0 Å². The number of rotatable bonds is 13. The van der Waals surface area contributed by atoms with Crippen molar-refractivity contribution in [2.24, 2.45) is 0 Å². The molecule has 0 amide bonds. The van der Waals surface area contributed by atoms with Gasteiger partial charge in [0.25, 0.3) is 0 Å². The number of carboxylic acid groups (broad SMARTS) is 1. The molecule has 0 unspecified atom stereocenters. The summed E-state index contributed by atoms with van der Waals surface area (Å²) in [6, 6.07) is 12.0. The van der Waals surface area contributed by atoms with Gasteiger partial charge in [-0.15, -0.1) is 0 Å². The second-order valence-corrected chi connectivity index (χ2v) is 10.1. The Balaban J connectivity index is 2.09. The molecule has 5 atom stereocenters. The number of hydrogen-bond donors (Lipinski definition) is 1. The van der Waals surface area contributed by atoms with E-state index in [-0.39, 0.29) is 29.2 Å². The van der Waals surface area contributed by atoms with Crippen molar-refractivity contribution in [3.05, 3.63) is 59.2 Å². The van der Waals surface area contributed by atoms with E-state index in [4.69, 9.17) is 37.9 Å². The summed E-state index contributed by atoms with van der Waals surface area (Å²) in [7, 11) is 2.68. The fourth-order valence-electron chi connectivity index (χ4n) is 4.70. The topological polar surface area (TPSA) is 179 Å². The SMILES string of the molecule is COc1cc(C=C(Cc2ccccc2)C(=O)O)cc(OC)c1O[C@@H]1O[C@H](COC(C)=O)[C@@H](OC(C)=O)[C@H](OC(C)=O)[C@H]1OC(C)=O. The van der Waals surface area contributed by atoms with E-state index >= 15 is 0 Å². The van der Waals surface area contributed by atoms with Crippen molar-refractivity contribution in [1.29, 1.82) is 0 Å². The Bertz CT molecular complexity index is 1420. The summed E-state index contributed by atoms with van der Waals surface area (Å²) in [6.45, 7) is 4.02. The van der Waals surface area contributed by atoms with E-state index in [1.165, 1.54) is 32.4 Å². The van der Waals surface area contributed by atoms with Crippen LogP contribution >= 0.6 is 0 Å². The summed E-state index contributed by atoms with van der Waals surface area (Å²) in [5.41, 5.74) is 1.28. The third-order valence-corrected chi connectivity index (χ3v) is 6.52. The minimum absolute atomic E-state index is 0.0528. The van der Waals surface area contributed by atoms with E-state index in [9.17, 15) is 29.1 Å². The second-order valence-electron chi connectivity index (χ2n) is 10.1. The minimum atomic E-state index is -1.56. The molecule has 248 valence electrons. The Kier molecular flexibility index (Phi) is 12.5. The summed E-state index contributed by atoms with van der Waals surface area (Å²) in [6.07, 6.45) is -5.54. The van der Waals surface area contributed by atoms with Gasteiger partial charge in [0, 0.05) is 39.7 Å². The Morgan fingerprint density at radius 1 is 0.783 bits per heavy atom. The summed E-state index contributed by atoms with van der Waals surface area (Å²) in [4.78, 5) is 60.1. The smallest absolute Gasteiger partial charge is 0.331 e. The molecule has 14 nitrogen and oxygen atoms in total. The van der Waals surface area contributed by atoms with E-state index in [1.54, 1.807) is 12.1 Å². The lowest BCUT2D eigenvalue weighted by molar-refractivity contribution is -0.288. The van der Waals surface area contributed by atoms with Gasteiger partial charge in [0.05, 0.1) is 14.2 Å². The van der Waals surface area contributed by atoms with E-state index in [0.717, 1.165) is 33.3 Å². The molecule has 1 fully saturated rings. The van der Waals surface area contributed by atoms with Gasteiger partial charge in [-0.1, -0.05) is 30.3 Å². The summed E-state index contributed by atoms with van der Waals surface area (Å²) >= 11 is 0. The molecule has 0 spiro atoms. The molecule has 0 saturated carbocycles. The molecule has 1 aliphatic rings. The Morgan fingerprint density at radius 3 is 1.83 bits per heavy atom. The molecule has 3 rings (SSSR count). The third kappa shape index (κ3) is 9.69. The number of methoxy groups -OCH3 is 2. The van der Waals surface area contributed by atoms with Crippen LogP contribution < -0.4 is 14.2 Å². The van der Waals surface area contributed by atoms with Crippen LogP contribution in [0.3, 0.4) is 0 Å². The molecule has 2 aromatic rings. The van der Waals surface area contributed by atoms with Gasteiger partial charge in [0.1, 0.15) is 12.7 Å². The van der Waals surface area contributed by atoms with Crippen LogP contribution in [-0.4, -0.2) is 86.5 Å². The predicted octanol–water partition coefficient (Wildman–Crippen LogP) is 2.88. The highest BCUT2D eigenvalue weighted by atomic mass is 16.7. The molecule has 14 heteroatoms. The number of ether oxygens (including phenoxy) is 8. The van der Waals surface area contributed by atoms with Gasteiger partial charge in [-0.3, -0.25) is 19.2 Å². The number of carbonyl (C=O) groups excluding carboxylic acids is 4. The number of aliphatic carboxylic acids is 1. The first-order valence-corrected chi connectivity index (χ1v) is 14.0. The van der Waals surface area contributed by atoms with Crippen LogP contribution in [0.15, 0.2) is 48.0 Å². The first-order valence-electron chi connectivity index (χ1n) is 14.0. The van der Waals surface area contributed by atoms with Crippen molar-refractivity contribution in [3.63, 3.8) is 0 Å². The summed E-state index contributed by atoms with van der Waals surface area (Å²) in [5, 5.41) is 9.88. The van der Waals surface area contributed by atoms with Crippen molar-refractivity contribution in [2.75, 3.05) is 20.8 Å². The molecule has 0 radical (unpaired) electrons. The third-order valence-electron chi connectivity index (χ3n) is 6.52. The zero-order valence-corrected chi connectivity index (χ0v) is 26.2. The van der Waals surface area contributed by atoms with Crippen LogP contribution in [0.2, 0.25) is 0 Å². The van der Waals surface area contributed by atoms with E-state index in [0.29, 0.717) is 5.56 Å². The van der Waals surface area contributed by atoms with E-state index in [1.807, 2.05) is 18.2 Å².